The number of nitrogens with zero attached hydrogens (tertiary/aromatic N) is 2. The van der Waals surface area contributed by atoms with Gasteiger partial charge in [-0.2, -0.15) is 0 Å². The third-order valence-electron chi connectivity index (χ3n) is 14.7. The molecule has 16 N–H and O–H groups in total. The first-order chi connectivity index (χ1) is 36.7. The van der Waals surface area contributed by atoms with Crippen LogP contribution in [0, 0.1) is 31.6 Å². The zero-order valence-electron chi connectivity index (χ0n) is 44.3. The number of allylic oxidation sites excluding steroid dienone is 1. The van der Waals surface area contributed by atoms with Crippen LogP contribution in [0.2, 0.25) is 0 Å². The van der Waals surface area contributed by atoms with Gasteiger partial charge >= 0.3 is 11.9 Å². The Morgan fingerprint density at radius 3 is 2.04 bits per heavy atom. The van der Waals surface area contributed by atoms with E-state index in [1.807, 2.05) is 62.4 Å². The summed E-state index contributed by atoms with van der Waals surface area (Å²) < 4.78 is 0. The fourth-order valence-electron chi connectivity index (χ4n) is 10.5. The molecule has 0 radical (unpaired) electrons. The Bertz CT molecular complexity index is 3370. The lowest BCUT2D eigenvalue weighted by Crippen LogP contribution is -2.56. The van der Waals surface area contributed by atoms with E-state index in [-0.39, 0.29) is 87.1 Å². The molecule has 7 rings (SSSR count). The minimum atomic E-state index is -1.37. The number of nitrogens with one attached hydrogen (secondary N) is 10. The number of aryl methyl sites for hydroxylation is 3. The van der Waals surface area contributed by atoms with Gasteiger partial charge in [0.2, 0.25) is 17.7 Å². The van der Waals surface area contributed by atoms with Gasteiger partial charge in [-0.25, -0.2) is 14.6 Å². The molecule has 0 aliphatic carbocycles. The van der Waals surface area contributed by atoms with Crippen molar-refractivity contribution in [2.24, 2.45) is 11.5 Å². The van der Waals surface area contributed by atoms with Crippen LogP contribution in [0.5, 0.6) is 0 Å². The first kappa shape index (κ1) is 56.0. The number of benzene rings is 1. The summed E-state index contributed by atoms with van der Waals surface area (Å²) in [5, 5.41) is 50.6. The van der Waals surface area contributed by atoms with E-state index in [1.165, 1.54) is 0 Å². The molecule has 21 nitrogen and oxygen atoms in total. The number of hydrogen-bond acceptors (Lipinski definition) is 9. The Hall–Kier alpha value is -8.75. The average molecular weight is 1050 g/mol. The molecule has 4 aromatic heterocycles. The largest absolute Gasteiger partial charge is 0.480 e. The van der Waals surface area contributed by atoms with Gasteiger partial charge in [0.15, 0.2) is 11.9 Å². The Morgan fingerprint density at radius 2 is 1.42 bits per heavy atom. The number of rotatable bonds is 22. The number of para-hydroxylation sites is 1. The molecule has 21 heteroatoms. The second-order valence-electron chi connectivity index (χ2n) is 19.8. The molecule has 5 aromatic rings. The van der Waals surface area contributed by atoms with Gasteiger partial charge in [0.05, 0.1) is 17.0 Å². The zero-order chi connectivity index (χ0) is 55.8. The van der Waals surface area contributed by atoms with Crippen molar-refractivity contribution in [3.63, 3.8) is 0 Å². The summed E-state index contributed by atoms with van der Waals surface area (Å²) in [5.74, 6) is -5.65. The Kier molecular flexibility index (Phi) is 17.7. The highest BCUT2D eigenvalue weighted by Crippen LogP contribution is 2.43. The molecule has 2 aliphatic rings. The number of carboxylic acid groups (broad SMARTS) is 2. The lowest BCUT2D eigenvalue weighted by atomic mass is 9.85. The predicted molar refractivity (Wildman–Crippen MR) is 299 cm³/mol. The van der Waals surface area contributed by atoms with Gasteiger partial charge < -0.3 is 63.2 Å². The van der Waals surface area contributed by atoms with Crippen LogP contribution in [0.25, 0.3) is 50.2 Å². The molecule has 0 spiro atoms. The molecule has 0 saturated heterocycles. The fourth-order valence-corrected chi connectivity index (χ4v) is 10.5. The zero-order valence-corrected chi connectivity index (χ0v) is 44.3. The molecular weight excluding hydrogens is 981 g/mol. The smallest absolute Gasteiger partial charge is 0.338 e. The van der Waals surface area contributed by atoms with E-state index in [2.05, 4.69) is 62.0 Å². The number of aliphatic carboxylic acids is 2. The molecule has 2 aliphatic heterocycles. The van der Waals surface area contributed by atoms with Crippen LogP contribution >= 0.6 is 0 Å². The molecule has 3 amide bonds. The maximum absolute atomic E-state index is 14.4. The van der Waals surface area contributed by atoms with E-state index in [0.717, 1.165) is 61.6 Å². The van der Waals surface area contributed by atoms with Gasteiger partial charge in [0.1, 0.15) is 18.1 Å². The first-order valence-corrected chi connectivity index (χ1v) is 25.9. The SMILES string of the molecule is C=Cc1c(C)c2cc3nc(c(C)c4nc(cc5[nH]c(cc1[nH]2)c(C)c5CC)C(C)=C4C(=O)O)[C@@H](CCC(=O)N[C@@H](CCCNC(=N)N)C(=O)N[C@@H](CCCNC(=N)N)C(=O)N[C@@H](Cc1c[nH]c2ccccc12)C(=O)O)[C@@H]3C. The third kappa shape index (κ3) is 12.7. The van der Waals surface area contributed by atoms with Crippen LogP contribution in [0.3, 0.4) is 0 Å². The van der Waals surface area contributed by atoms with Gasteiger partial charge in [-0.15, -0.1) is 0 Å². The first-order valence-electron chi connectivity index (χ1n) is 25.9. The quantitative estimate of drug-likeness (QED) is 0.0218. The van der Waals surface area contributed by atoms with Gasteiger partial charge in [-0.1, -0.05) is 44.7 Å². The van der Waals surface area contributed by atoms with Crippen LogP contribution < -0.4 is 38.1 Å². The lowest BCUT2D eigenvalue weighted by Gasteiger charge is -2.25. The summed E-state index contributed by atoms with van der Waals surface area (Å²) in [7, 11) is 0. The van der Waals surface area contributed by atoms with E-state index in [1.54, 1.807) is 20.0 Å². The van der Waals surface area contributed by atoms with Gasteiger partial charge in [0.25, 0.3) is 0 Å². The number of carbonyl (C=O) groups excluding carboxylic acids is 3. The van der Waals surface area contributed by atoms with Gasteiger partial charge in [0, 0.05) is 93.9 Å². The van der Waals surface area contributed by atoms with Gasteiger partial charge in [-0.3, -0.25) is 30.2 Å². The van der Waals surface area contributed by atoms with Crippen molar-refractivity contribution < 1.29 is 34.2 Å². The van der Waals surface area contributed by atoms with Crippen LogP contribution in [-0.2, 0) is 36.8 Å². The van der Waals surface area contributed by atoms with Crippen LogP contribution in [-0.4, -0.2) is 108 Å². The molecule has 8 bridgehead atoms. The maximum atomic E-state index is 14.4. The van der Waals surface area contributed by atoms with E-state index in [0.29, 0.717) is 33.8 Å². The molecule has 6 heterocycles. The second kappa shape index (κ2) is 24.3. The number of carboxylic acids is 2. The molecule has 0 unspecified atom stereocenters. The van der Waals surface area contributed by atoms with Crippen LogP contribution in [0.15, 0.2) is 55.2 Å². The number of H-pyrrole nitrogens is 3. The van der Waals surface area contributed by atoms with Crippen molar-refractivity contribution in [3.05, 3.63) is 111 Å². The number of aromatic nitrogens is 5. The van der Waals surface area contributed by atoms with Crippen molar-refractivity contribution in [1.29, 1.82) is 10.8 Å². The average Bonchev–Trinajstić information content (AvgIpc) is 4.21. The van der Waals surface area contributed by atoms with Crippen molar-refractivity contribution in [2.75, 3.05) is 13.1 Å². The highest BCUT2D eigenvalue weighted by atomic mass is 16.4. The number of aromatic amines is 3. The van der Waals surface area contributed by atoms with Crippen LogP contribution in [0.1, 0.15) is 127 Å². The van der Waals surface area contributed by atoms with Gasteiger partial charge in [-0.05, 0) is 124 Å². The second-order valence-corrected chi connectivity index (χ2v) is 19.8. The normalized spacial score (nSPS) is 15.3. The lowest BCUT2D eigenvalue weighted by molar-refractivity contribution is -0.142. The molecule has 5 atom stereocenters. The Balaban J connectivity index is 1.19. The molecule has 1 aromatic carbocycles. The topological polar surface area (TPSA) is 359 Å². The number of fused-ring (bicyclic) bond motifs is 9. The van der Waals surface area contributed by atoms with Crippen molar-refractivity contribution in [1.82, 2.24) is 51.5 Å². The highest BCUT2D eigenvalue weighted by molar-refractivity contribution is 6.24. The Morgan fingerprint density at radius 1 is 0.792 bits per heavy atom. The van der Waals surface area contributed by atoms with E-state index < -0.39 is 53.7 Å². The number of nitrogens with two attached hydrogens (primary N) is 2. The summed E-state index contributed by atoms with van der Waals surface area (Å²) in [6.45, 7) is 16.2. The molecule has 406 valence electrons. The molecule has 77 heavy (non-hydrogen) atoms. The third-order valence-corrected chi connectivity index (χ3v) is 14.7. The summed E-state index contributed by atoms with van der Waals surface area (Å²) in [6, 6.07) is 9.46. The predicted octanol–water partition coefficient (Wildman–Crippen LogP) is 5.92. The maximum Gasteiger partial charge on any atom is 0.338 e. The number of carbonyl (C=O) groups is 5. The monoisotopic (exact) mass is 1050 g/mol. The minimum absolute atomic E-state index is 0.0147. The number of hydrogen-bond donors (Lipinski definition) is 14. The molecule has 0 saturated carbocycles. The summed E-state index contributed by atoms with van der Waals surface area (Å²) in [4.78, 5) is 88.9. The molecular formula is C56H70N14O7. The van der Waals surface area contributed by atoms with Crippen molar-refractivity contribution in [3.8, 4) is 0 Å². The van der Waals surface area contributed by atoms with Crippen LogP contribution in [0.4, 0.5) is 0 Å². The summed E-state index contributed by atoms with van der Waals surface area (Å²) in [5.41, 5.74) is 23.0. The summed E-state index contributed by atoms with van der Waals surface area (Å²) in [6.07, 6.45) is 4.90. The summed E-state index contributed by atoms with van der Waals surface area (Å²) >= 11 is 0. The highest BCUT2D eigenvalue weighted by Gasteiger charge is 2.35. The van der Waals surface area contributed by atoms with Crippen molar-refractivity contribution >= 4 is 91.8 Å². The minimum Gasteiger partial charge on any atom is -0.480 e. The van der Waals surface area contributed by atoms with Crippen molar-refractivity contribution in [2.45, 2.75) is 123 Å². The number of guanidine groups is 2. The van der Waals surface area contributed by atoms with E-state index in [4.69, 9.17) is 32.3 Å². The van der Waals surface area contributed by atoms with E-state index in [9.17, 15) is 34.2 Å². The fraction of sp³-hybridized carbons (Fsp3) is 0.375. The standard InChI is InChI=1S/C56H70N14O7/c1-8-33-27(3)40-23-42-29(5)35(49(67-42)31(7)50-48(54(76)77)30(6)43(68-50)25-45-34(9-2)28(4)41(65-45)24-44(33)64-40)18-19-47(71)66-38(16-12-20-61-55(57)58)51(72)69-39(17-13-21-62-56(59)60)52(73)70-46(53(74)75)22-32-26-63-37-15-11-10-14-36(32)37/h8,10-11,14-15,23-26,29,35,38-39,46,63-65H,1,9,12-13,16-22H2,2-7H3,(H,66,71)(H,69,72)(H,70,73)(H,74,75)(H,76,77)(H4,57,58,61)(H4,59,60,62)/t29-,35-,38-,39-,46-/m0/s1. The molecule has 0 fully saturated rings. The van der Waals surface area contributed by atoms with E-state index >= 15 is 0 Å². The number of amides is 3. The Labute approximate surface area is 445 Å².